The van der Waals surface area contributed by atoms with Crippen LogP contribution in [0.15, 0.2) is 42.5 Å². The van der Waals surface area contributed by atoms with Crippen molar-refractivity contribution >= 4 is 16.6 Å². The average molecular weight is 291 g/mol. The molecule has 3 aromatic rings. The summed E-state index contributed by atoms with van der Waals surface area (Å²) in [5.41, 5.74) is 9.16. The molecule has 0 spiro atoms. The number of methoxy groups -OCH3 is 1. The number of anilines is 1. The van der Waals surface area contributed by atoms with Gasteiger partial charge in [0.1, 0.15) is 17.5 Å². The van der Waals surface area contributed by atoms with Crippen molar-refractivity contribution in [3.8, 4) is 23.7 Å². The van der Waals surface area contributed by atoms with Gasteiger partial charge in [0.15, 0.2) is 0 Å². The number of ether oxygens (including phenoxy) is 1. The highest BCUT2D eigenvalue weighted by atomic mass is 16.5. The summed E-state index contributed by atoms with van der Waals surface area (Å²) in [5, 5.41) is 10.2. The summed E-state index contributed by atoms with van der Waals surface area (Å²) in [6.45, 7) is 0. The Morgan fingerprint density at radius 3 is 2.59 bits per heavy atom. The van der Waals surface area contributed by atoms with Crippen LogP contribution in [0.25, 0.3) is 10.9 Å². The fourth-order valence-electron chi connectivity index (χ4n) is 2.21. The third-order valence-corrected chi connectivity index (χ3v) is 3.36. The summed E-state index contributed by atoms with van der Waals surface area (Å²) in [6, 6.07) is 15.0. The first-order chi connectivity index (χ1) is 10.7. The van der Waals surface area contributed by atoms with Crippen molar-refractivity contribution in [1.82, 2.24) is 4.98 Å². The van der Waals surface area contributed by atoms with E-state index in [4.69, 9.17) is 10.5 Å². The van der Waals surface area contributed by atoms with Gasteiger partial charge in [-0.2, -0.15) is 5.26 Å². The van der Waals surface area contributed by atoms with Crippen LogP contribution in [-0.2, 0) is 0 Å². The van der Waals surface area contributed by atoms with E-state index in [1.54, 1.807) is 19.2 Å². The van der Waals surface area contributed by atoms with Crippen LogP contribution in [0.3, 0.4) is 0 Å². The van der Waals surface area contributed by atoms with Crippen LogP contribution in [-0.4, -0.2) is 12.1 Å². The van der Waals surface area contributed by atoms with Crippen LogP contribution < -0.4 is 10.5 Å². The van der Waals surface area contributed by atoms with Gasteiger partial charge >= 0.3 is 0 Å². The molecule has 0 radical (unpaired) electrons. The zero-order chi connectivity index (χ0) is 15.5. The number of hydrogen-bond donors (Lipinski definition) is 2. The molecule has 0 aliphatic carbocycles. The van der Waals surface area contributed by atoms with E-state index >= 15 is 0 Å². The summed E-state index contributed by atoms with van der Waals surface area (Å²) < 4.78 is 5.19. The summed E-state index contributed by atoms with van der Waals surface area (Å²) in [5.74, 6) is 6.78. The lowest BCUT2D eigenvalue weighted by Gasteiger charge is -1.97. The maximum atomic E-state index is 9.38. The number of nitrogen functional groups attached to an aromatic ring is 1. The minimum Gasteiger partial charge on any atom is -0.497 e. The van der Waals surface area contributed by atoms with Crippen LogP contribution >= 0.6 is 0 Å². The van der Waals surface area contributed by atoms with Gasteiger partial charge in [-0.25, -0.2) is 0 Å². The van der Waals surface area contributed by atoms with Crippen LogP contribution in [0.4, 0.5) is 5.69 Å². The van der Waals surface area contributed by atoms with Crippen LogP contribution in [0.2, 0.25) is 0 Å². The Balaban J connectivity index is 0.00000144. The molecular weight excluding hydrogens is 274 g/mol. The number of H-pyrrole nitrogens is 1. The number of nitriles is 1. The molecule has 0 atom stereocenters. The van der Waals surface area contributed by atoms with Gasteiger partial charge in [-0.1, -0.05) is 5.92 Å². The second-order valence-corrected chi connectivity index (χ2v) is 4.77. The van der Waals surface area contributed by atoms with Gasteiger partial charge in [0.25, 0.3) is 0 Å². The number of nitrogens with one attached hydrogen (secondary N) is 1. The molecule has 1 aromatic heterocycles. The maximum absolute atomic E-state index is 9.38. The molecule has 0 saturated carbocycles. The van der Waals surface area contributed by atoms with Gasteiger partial charge < -0.3 is 15.5 Å². The van der Waals surface area contributed by atoms with Crippen molar-refractivity contribution in [2.45, 2.75) is 0 Å². The second kappa shape index (κ2) is 5.55. The minimum absolute atomic E-state index is 0. The van der Waals surface area contributed by atoms with E-state index < -0.39 is 0 Å². The molecule has 0 saturated heterocycles. The molecule has 2 aromatic carbocycles. The Bertz CT molecular complexity index is 945. The van der Waals surface area contributed by atoms with Crippen molar-refractivity contribution < 1.29 is 7.59 Å². The summed E-state index contributed by atoms with van der Waals surface area (Å²) >= 11 is 0. The van der Waals surface area contributed by atoms with Crippen LogP contribution in [0, 0.1) is 23.2 Å². The molecule has 3 rings (SSSR count). The standard InChI is InChI=1S/C18H13N3O.2H2/c1-22-14-7-8-15-16(11-19)17(21-18(15)10-14)9-4-12-2-5-13(20)6-3-12;;/h2-3,5-8,10,21H,20H2,1H3;2*1H. The van der Waals surface area contributed by atoms with E-state index in [0.29, 0.717) is 16.9 Å². The predicted molar refractivity (Wildman–Crippen MR) is 90.6 cm³/mol. The van der Waals surface area contributed by atoms with E-state index in [0.717, 1.165) is 22.2 Å². The second-order valence-electron chi connectivity index (χ2n) is 4.77. The van der Waals surface area contributed by atoms with Crippen molar-refractivity contribution in [1.29, 1.82) is 5.26 Å². The summed E-state index contributed by atoms with van der Waals surface area (Å²) in [6.07, 6.45) is 0. The van der Waals surface area contributed by atoms with Crippen LogP contribution in [0.5, 0.6) is 5.75 Å². The predicted octanol–water partition coefficient (Wildman–Crippen LogP) is 3.52. The van der Waals surface area contributed by atoms with E-state index in [1.165, 1.54) is 0 Å². The smallest absolute Gasteiger partial charge is 0.120 e. The molecular formula is C18H17N3O. The fraction of sp³-hybridized carbons (Fsp3) is 0.0556. The fourth-order valence-corrected chi connectivity index (χ4v) is 2.21. The third-order valence-electron chi connectivity index (χ3n) is 3.36. The lowest BCUT2D eigenvalue weighted by Crippen LogP contribution is -1.84. The Hall–Kier alpha value is -3.37. The first-order valence-electron chi connectivity index (χ1n) is 6.68. The zero-order valence-corrected chi connectivity index (χ0v) is 12.0. The quantitative estimate of drug-likeness (QED) is 0.532. The summed E-state index contributed by atoms with van der Waals surface area (Å²) in [7, 11) is 1.61. The highest BCUT2D eigenvalue weighted by Crippen LogP contribution is 2.25. The molecule has 0 aliphatic rings. The molecule has 0 bridgehead atoms. The molecule has 0 fully saturated rings. The van der Waals surface area contributed by atoms with Gasteiger partial charge in [-0.15, -0.1) is 0 Å². The van der Waals surface area contributed by atoms with Crippen molar-refractivity contribution in [3.05, 3.63) is 59.3 Å². The van der Waals surface area contributed by atoms with Gasteiger partial charge in [0, 0.05) is 25.6 Å². The molecule has 0 aliphatic heterocycles. The lowest BCUT2D eigenvalue weighted by atomic mass is 10.1. The van der Waals surface area contributed by atoms with E-state index in [-0.39, 0.29) is 2.85 Å². The molecule has 3 N–H and O–H groups in total. The topological polar surface area (TPSA) is 74.8 Å². The van der Waals surface area contributed by atoms with E-state index in [9.17, 15) is 5.26 Å². The molecule has 4 heteroatoms. The number of nitrogens with two attached hydrogens (primary N) is 1. The van der Waals surface area contributed by atoms with Gasteiger partial charge in [-0.05, 0) is 42.3 Å². The SMILES string of the molecule is COc1ccc2c(C#N)c(C#Cc3ccc(N)cc3)[nH]c2c1.[HH].[HH]. The van der Waals surface area contributed by atoms with Crippen molar-refractivity contribution in [3.63, 3.8) is 0 Å². The lowest BCUT2D eigenvalue weighted by molar-refractivity contribution is 0.415. The van der Waals surface area contributed by atoms with Gasteiger partial charge in [-0.3, -0.25) is 0 Å². The number of hydrogen-bond acceptors (Lipinski definition) is 3. The Morgan fingerprint density at radius 1 is 1.14 bits per heavy atom. The third kappa shape index (κ3) is 2.46. The number of nitrogens with zero attached hydrogens (tertiary/aromatic N) is 1. The molecule has 1 heterocycles. The number of benzene rings is 2. The van der Waals surface area contributed by atoms with Crippen molar-refractivity contribution in [2.24, 2.45) is 0 Å². The highest BCUT2D eigenvalue weighted by Gasteiger charge is 2.10. The van der Waals surface area contributed by atoms with Crippen LogP contribution in [0.1, 0.15) is 19.7 Å². The number of aromatic nitrogens is 1. The minimum atomic E-state index is 0. The number of aromatic amines is 1. The molecule has 0 amide bonds. The zero-order valence-electron chi connectivity index (χ0n) is 12.0. The average Bonchev–Trinajstić information content (AvgIpc) is 2.90. The Kier molecular flexibility index (Phi) is 3.43. The first kappa shape index (κ1) is 13.6. The number of fused-ring (bicyclic) bond motifs is 1. The molecule has 0 unspecified atom stereocenters. The highest BCUT2D eigenvalue weighted by molar-refractivity contribution is 5.89. The Morgan fingerprint density at radius 2 is 1.91 bits per heavy atom. The first-order valence-corrected chi connectivity index (χ1v) is 6.68. The van der Waals surface area contributed by atoms with Crippen molar-refractivity contribution in [2.75, 3.05) is 12.8 Å². The summed E-state index contributed by atoms with van der Waals surface area (Å²) in [4.78, 5) is 3.17. The normalized spacial score (nSPS) is 9.82. The van der Waals surface area contributed by atoms with Gasteiger partial charge in [0.2, 0.25) is 0 Å². The van der Waals surface area contributed by atoms with E-state index in [1.807, 2.05) is 30.3 Å². The largest absolute Gasteiger partial charge is 0.497 e. The molecule has 22 heavy (non-hydrogen) atoms. The molecule has 110 valence electrons. The monoisotopic (exact) mass is 291 g/mol. The maximum Gasteiger partial charge on any atom is 0.120 e. The van der Waals surface area contributed by atoms with Gasteiger partial charge in [0.05, 0.1) is 18.2 Å². The van der Waals surface area contributed by atoms with E-state index in [2.05, 4.69) is 22.9 Å². The Labute approximate surface area is 131 Å². The molecule has 4 nitrogen and oxygen atoms in total. The number of rotatable bonds is 1.